The number of hydrazone groups is 1. The predicted molar refractivity (Wildman–Crippen MR) is 122 cm³/mol. The summed E-state index contributed by atoms with van der Waals surface area (Å²) in [6.45, 7) is 2.11. The van der Waals surface area contributed by atoms with Gasteiger partial charge in [-0.3, -0.25) is 15.1 Å². The van der Waals surface area contributed by atoms with E-state index in [-0.39, 0.29) is 5.91 Å². The standard InChI is InChI=1S/C21H22BrN5OS/c1-4-11-29-21-24-20(28)18-16-12-14(22)7-10-17(16)23-19(27(18)25-21)13-5-8-15(9-6-13)26(2)3/h5-10,12,19H,4,11H2,1-3H3,(H,24,25,28). The topological polar surface area (TPSA) is 60.3 Å². The smallest absolute Gasteiger partial charge is 0.276 e. The Labute approximate surface area is 182 Å². The number of carbonyl (C=O) groups is 1. The summed E-state index contributed by atoms with van der Waals surface area (Å²) in [6, 6.07) is 14.0. The number of hydrogen-bond donors (Lipinski definition) is 1. The average molecular weight is 472 g/mol. The number of nitrogens with zero attached hydrogens (tertiary/aromatic N) is 4. The first-order valence-corrected chi connectivity index (χ1v) is 11.2. The largest absolute Gasteiger partial charge is 0.378 e. The quantitative estimate of drug-likeness (QED) is 0.744. The molecule has 2 aromatic rings. The number of carbonyl (C=O) groups excluding carboxylic acids is 1. The maximum Gasteiger partial charge on any atom is 0.276 e. The number of nitrogens with one attached hydrogen (secondary N) is 1. The van der Waals surface area contributed by atoms with Crippen LogP contribution in [0.15, 0.2) is 57.0 Å². The molecule has 1 amide bonds. The van der Waals surface area contributed by atoms with E-state index in [9.17, 15) is 4.79 Å². The molecule has 0 bridgehead atoms. The van der Waals surface area contributed by atoms with Crippen LogP contribution in [0.4, 0.5) is 5.69 Å². The van der Waals surface area contributed by atoms with Gasteiger partial charge in [0.2, 0.25) is 0 Å². The number of benzene rings is 2. The molecular formula is C21H22BrN5OS. The second-order valence-corrected chi connectivity index (χ2v) is 9.05. The lowest BCUT2D eigenvalue weighted by molar-refractivity contribution is -0.116. The number of hydrogen-bond acceptors (Lipinski definition) is 6. The molecule has 1 N–H and O–H groups in total. The second kappa shape index (κ2) is 8.20. The molecule has 29 heavy (non-hydrogen) atoms. The van der Waals surface area contributed by atoms with Crippen LogP contribution in [0.2, 0.25) is 0 Å². The number of halogens is 1. The molecule has 8 heteroatoms. The van der Waals surface area contributed by atoms with E-state index in [2.05, 4.69) is 45.2 Å². The van der Waals surface area contributed by atoms with Crippen molar-refractivity contribution in [2.24, 2.45) is 10.1 Å². The molecule has 2 aromatic carbocycles. The first kappa shape index (κ1) is 20.0. The highest BCUT2D eigenvalue weighted by Gasteiger charge is 2.34. The van der Waals surface area contributed by atoms with E-state index in [1.54, 1.807) is 16.8 Å². The van der Waals surface area contributed by atoms with Crippen molar-refractivity contribution in [3.63, 3.8) is 0 Å². The van der Waals surface area contributed by atoms with Crippen molar-refractivity contribution < 1.29 is 4.79 Å². The van der Waals surface area contributed by atoms with Gasteiger partial charge in [0.25, 0.3) is 5.91 Å². The van der Waals surface area contributed by atoms with E-state index in [1.165, 1.54) is 0 Å². The Morgan fingerprint density at radius 3 is 2.66 bits per heavy atom. The summed E-state index contributed by atoms with van der Waals surface area (Å²) in [4.78, 5) is 20.0. The fourth-order valence-electron chi connectivity index (χ4n) is 3.28. The van der Waals surface area contributed by atoms with Crippen LogP contribution in [0.25, 0.3) is 5.70 Å². The Kier molecular flexibility index (Phi) is 5.65. The summed E-state index contributed by atoms with van der Waals surface area (Å²) in [5.74, 6) is 0.742. The maximum atomic E-state index is 13.0. The summed E-state index contributed by atoms with van der Waals surface area (Å²) in [5, 5.41) is 11.6. The number of rotatable bonds is 4. The number of fused-ring (bicyclic) bond motifs is 2. The van der Waals surface area contributed by atoms with Crippen molar-refractivity contribution in [1.82, 2.24) is 10.3 Å². The monoisotopic (exact) mass is 471 g/mol. The van der Waals surface area contributed by atoms with Gasteiger partial charge < -0.3 is 4.90 Å². The van der Waals surface area contributed by atoms with Crippen LogP contribution in [-0.2, 0) is 4.79 Å². The molecule has 6 nitrogen and oxygen atoms in total. The van der Waals surface area contributed by atoms with Gasteiger partial charge in [-0.2, -0.15) is 0 Å². The van der Waals surface area contributed by atoms with Crippen molar-refractivity contribution in [2.45, 2.75) is 19.5 Å². The normalized spacial score (nSPS) is 17.7. The average Bonchev–Trinajstić information content (AvgIpc) is 2.71. The molecule has 0 radical (unpaired) electrons. The Morgan fingerprint density at radius 1 is 1.21 bits per heavy atom. The van der Waals surface area contributed by atoms with Crippen LogP contribution in [-0.4, -0.2) is 35.9 Å². The molecule has 2 heterocycles. The summed E-state index contributed by atoms with van der Waals surface area (Å²) in [6.07, 6.45) is 0.615. The Balaban J connectivity index is 1.87. The zero-order valence-corrected chi connectivity index (χ0v) is 18.9. The summed E-state index contributed by atoms with van der Waals surface area (Å²) >= 11 is 5.06. The van der Waals surface area contributed by atoms with Gasteiger partial charge in [-0.25, -0.2) is 5.01 Å². The van der Waals surface area contributed by atoms with Gasteiger partial charge >= 0.3 is 0 Å². The van der Waals surface area contributed by atoms with Gasteiger partial charge in [0.05, 0.1) is 5.36 Å². The van der Waals surface area contributed by atoms with Crippen LogP contribution in [0, 0.1) is 0 Å². The van der Waals surface area contributed by atoms with E-state index >= 15 is 0 Å². The van der Waals surface area contributed by atoms with Crippen LogP contribution >= 0.6 is 27.7 Å². The van der Waals surface area contributed by atoms with Crippen LogP contribution < -0.4 is 20.8 Å². The lowest BCUT2D eigenvalue weighted by atomic mass is 10.1. The number of amidine groups is 1. The lowest BCUT2D eigenvalue weighted by Gasteiger charge is -2.34. The van der Waals surface area contributed by atoms with E-state index in [4.69, 9.17) is 10.1 Å². The summed E-state index contributed by atoms with van der Waals surface area (Å²) < 4.78 is 0.899. The molecule has 0 aromatic heterocycles. The van der Waals surface area contributed by atoms with E-state index in [0.717, 1.165) is 38.5 Å². The van der Waals surface area contributed by atoms with Crippen molar-refractivity contribution in [3.05, 3.63) is 63.1 Å². The van der Waals surface area contributed by atoms with E-state index < -0.39 is 6.17 Å². The molecule has 2 aliphatic rings. The second-order valence-electron chi connectivity index (χ2n) is 7.05. The predicted octanol–water partition coefficient (Wildman–Crippen LogP) is 2.80. The van der Waals surface area contributed by atoms with Gasteiger partial charge in [-0.15, -0.1) is 5.10 Å². The summed E-state index contributed by atoms with van der Waals surface area (Å²) in [7, 11) is 4.02. The minimum atomic E-state index is -0.391. The molecule has 0 fully saturated rings. The van der Waals surface area contributed by atoms with Crippen molar-refractivity contribution >= 4 is 50.2 Å². The molecule has 0 saturated heterocycles. The van der Waals surface area contributed by atoms with Gasteiger partial charge in [0.15, 0.2) is 11.3 Å². The minimum Gasteiger partial charge on any atom is -0.378 e. The molecule has 150 valence electrons. The van der Waals surface area contributed by atoms with Crippen LogP contribution in [0.5, 0.6) is 0 Å². The Bertz CT molecular complexity index is 1100. The van der Waals surface area contributed by atoms with Gasteiger partial charge in [-0.05, 0) is 42.3 Å². The van der Waals surface area contributed by atoms with Gasteiger partial charge in [0, 0.05) is 35.2 Å². The first-order chi connectivity index (χ1) is 14.0. The van der Waals surface area contributed by atoms with Crippen molar-refractivity contribution in [3.8, 4) is 0 Å². The molecule has 1 atom stereocenters. The number of thioether (sulfide) groups is 1. The molecule has 0 saturated carbocycles. The third-order valence-electron chi connectivity index (χ3n) is 4.72. The highest BCUT2D eigenvalue weighted by Crippen LogP contribution is 2.31. The number of anilines is 1. The third kappa shape index (κ3) is 3.91. The lowest BCUT2D eigenvalue weighted by Crippen LogP contribution is -2.50. The minimum absolute atomic E-state index is 0.150. The zero-order valence-electron chi connectivity index (χ0n) is 16.5. The molecule has 2 aliphatic heterocycles. The van der Waals surface area contributed by atoms with Crippen LogP contribution in [0.3, 0.4) is 0 Å². The van der Waals surface area contributed by atoms with Crippen molar-refractivity contribution in [1.29, 1.82) is 0 Å². The van der Waals surface area contributed by atoms with Crippen LogP contribution in [0.1, 0.15) is 25.1 Å². The van der Waals surface area contributed by atoms with E-state index in [1.807, 2.05) is 44.4 Å². The Morgan fingerprint density at radius 2 is 1.97 bits per heavy atom. The third-order valence-corrected chi connectivity index (χ3v) is 6.28. The SMILES string of the molecule is CCCSC1=NN2C(=c3cc(Br)ccc3=NC2c2ccc(N(C)C)cc2)C(=O)N1. The first-order valence-electron chi connectivity index (χ1n) is 9.45. The molecule has 0 aliphatic carbocycles. The number of amides is 1. The fourth-order valence-corrected chi connectivity index (χ4v) is 4.35. The molecule has 1 unspecified atom stereocenters. The summed E-state index contributed by atoms with van der Waals surface area (Å²) in [5.41, 5.74) is 2.62. The van der Waals surface area contributed by atoms with E-state index in [0.29, 0.717) is 10.9 Å². The van der Waals surface area contributed by atoms with Gasteiger partial charge in [-0.1, -0.05) is 46.7 Å². The fraction of sp³-hybridized carbons (Fsp3) is 0.286. The maximum absolute atomic E-state index is 13.0. The molecule has 0 spiro atoms. The Hall–Kier alpha value is -2.32. The highest BCUT2D eigenvalue weighted by molar-refractivity contribution is 9.10. The zero-order chi connectivity index (χ0) is 20.5. The molecule has 4 rings (SSSR count). The van der Waals surface area contributed by atoms with Crippen molar-refractivity contribution in [2.75, 3.05) is 24.7 Å². The molecular weight excluding hydrogens is 450 g/mol. The highest BCUT2D eigenvalue weighted by atomic mass is 79.9. The van der Waals surface area contributed by atoms with Gasteiger partial charge in [0.1, 0.15) is 5.70 Å².